The van der Waals surface area contributed by atoms with Crippen molar-refractivity contribution in [2.45, 2.75) is 6.42 Å². The molecule has 130 valence electrons. The van der Waals surface area contributed by atoms with Gasteiger partial charge >= 0.3 is 0 Å². The standard InChI is InChI=1S/C12H25Cl3O5S/c1-16-4-5-18-8-9-20-11-10-19-7-6-17-3-2-12-21(13,14)15/h2-12H2,1H3. The van der Waals surface area contributed by atoms with Crippen molar-refractivity contribution in [2.24, 2.45) is 0 Å². The molecule has 0 atom stereocenters. The molecule has 0 amide bonds. The average molecular weight is 388 g/mol. The largest absolute Gasteiger partial charge is 0.382 e. The third kappa shape index (κ3) is 21.0. The fourth-order valence-electron chi connectivity index (χ4n) is 1.23. The summed E-state index contributed by atoms with van der Waals surface area (Å²) in [5.41, 5.74) is 0. The van der Waals surface area contributed by atoms with Crippen LogP contribution < -0.4 is 0 Å². The minimum absolute atomic E-state index is 0.536. The van der Waals surface area contributed by atoms with Crippen molar-refractivity contribution in [3.8, 4) is 0 Å². The second-order valence-corrected chi connectivity index (χ2v) is 11.6. The van der Waals surface area contributed by atoms with Crippen molar-refractivity contribution in [1.82, 2.24) is 0 Å². The Morgan fingerprint density at radius 2 is 1.00 bits per heavy atom. The van der Waals surface area contributed by atoms with Gasteiger partial charge in [-0.15, -0.1) is 0 Å². The normalized spacial score (nSPS) is 12.8. The quantitative estimate of drug-likeness (QED) is 0.380. The van der Waals surface area contributed by atoms with E-state index < -0.39 is 7.67 Å². The van der Waals surface area contributed by atoms with Crippen molar-refractivity contribution in [3.05, 3.63) is 0 Å². The Hall–Kier alpha value is 1.02. The van der Waals surface area contributed by atoms with Crippen LogP contribution in [0.15, 0.2) is 0 Å². The van der Waals surface area contributed by atoms with Gasteiger partial charge in [0.1, 0.15) is 0 Å². The number of methoxy groups -OCH3 is 1. The molecular formula is C12H25Cl3O5S. The van der Waals surface area contributed by atoms with Crippen molar-refractivity contribution >= 4 is 39.7 Å². The third-order valence-electron chi connectivity index (χ3n) is 2.21. The van der Waals surface area contributed by atoms with Crippen LogP contribution in [0.2, 0.25) is 0 Å². The number of hydrogen-bond acceptors (Lipinski definition) is 5. The Bertz CT molecular complexity index is 220. The molecule has 5 nitrogen and oxygen atoms in total. The van der Waals surface area contributed by atoms with E-state index in [0.29, 0.717) is 65.2 Å². The lowest BCUT2D eigenvalue weighted by Crippen LogP contribution is -2.13. The van der Waals surface area contributed by atoms with Crippen LogP contribution in [-0.4, -0.2) is 72.3 Å². The zero-order valence-corrected chi connectivity index (χ0v) is 15.4. The van der Waals surface area contributed by atoms with Gasteiger partial charge in [0.25, 0.3) is 0 Å². The third-order valence-corrected chi connectivity index (χ3v) is 4.35. The molecule has 0 saturated heterocycles. The Labute approximate surface area is 142 Å². The molecule has 0 aliphatic heterocycles. The second-order valence-electron chi connectivity index (χ2n) is 4.00. The van der Waals surface area contributed by atoms with Gasteiger partial charge < -0.3 is 23.7 Å². The summed E-state index contributed by atoms with van der Waals surface area (Å²) in [6.45, 7) is 5.06. The van der Waals surface area contributed by atoms with Gasteiger partial charge in [0.15, 0.2) is 0 Å². The number of rotatable bonds is 16. The van der Waals surface area contributed by atoms with Gasteiger partial charge in [0.05, 0.1) is 52.9 Å². The lowest BCUT2D eigenvalue weighted by molar-refractivity contribution is -0.00764. The molecule has 0 bridgehead atoms. The van der Waals surface area contributed by atoms with E-state index in [4.69, 9.17) is 55.7 Å². The number of hydrogen-bond donors (Lipinski definition) is 0. The van der Waals surface area contributed by atoms with E-state index in [2.05, 4.69) is 0 Å². The van der Waals surface area contributed by atoms with Gasteiger partial charge in [-0.2, -0.15) is 0 Å². The first-order valence-electron chi connectivity index (χ1n) is 6.76. The summed E-state index contributed by atoms with van der Waals surface area (Å²) in [7, 11) is 16.8. The summed E-state index contributed by atoms with van der Waals surface area (Å²) in [5, 5.41) is 0. The second kappa shape index (κ2) is 15.9. The van der Waals surface area contributed by atoms with Gasteiger partial charge in [0, 0.05) is 19.5 Å². The van der Waals surface area contributed by atoms with Crippen molar-refractivity contribution in [1.29, 1.82) is 0 Å². The molecule has 0 aliphatic rings. The molecule has 0 aromatic heterocycles. The van der Waals surface area contributed by atoms with Gasteiger partial charge in [-0.25, -0.2) is 0 Å². The smallest absolute Gasteiger partial charge is 0.0701 e. The minimum Gasteiger partial charge on any atom is -0.382 e. The zero-order chi connectivity index (χ0) is 15.8. The Kier molecular flexibility index (Phi) is 16.7. The van der Waals surface area contributed by atoms with Crippen molar-refractivity contribution in [3.63, 3.8) is 0 Å². The van der Waals surface area contributed by atoms with Crippen LogP contribution in [0.25, 0.3) is 0 Å². The van der Waals surface area contributed by atoms with E-state index in [1.165, 1.54) is 0 Å². The van der Waals surface area contributed by atoms with Gasteiger partial charge in [-0.3, -0.25) is 0 Å². The zero-order valence-electron chi connectivity index (χ0n) is 12.4. The van der Waals surface area contributed by atoms with Crippen LogP contribution in [0, 0.1) is 0 Å². The van der Waals surface area contributed by atoms with Crippen LogP contribution in [0.3, 0.4) is 0 Å². The molecule has 0 fully saturated rings. The molecule has 0 heterocycles. The van der Waals surface area contributed by atoms with Crippen LogP contribution in [0.4, 0.5) is 0 Å². The summed E-state index contributed by atoms with van der Waals surface area (Å²) < 4.78 is 26.1. The molecule has 9 heteroatoms. The maximum atomic E-state index is 5.70. The van der Waals surface area contributed by atoms with Gasteiger partial charge in [-0.1, -0.05) is 0 Å². The fraction of sp³-hybridized carbons (Fsp3) is 1.00. The molecule has 0 N–H and O–H groups in total. The molecule has 0 spiro atoms. The maximum Gasteiger partial charge on any atom is 0.0701 e. The Morgan fingerprint density at radius 3 is 1.38 bits per heavy atom. The summed E-state index contributed by atoms with van der Waals surface area (Å²) >= 11 is 0. The highest BCUT2D eigenvalue weighted by Gasteiger charge is 2.11. The van der Waals surface area contributed by atoms with Crippen molar-refractivity contribution in [2.75, 3.05) is 72.3 Å². The van der Waals surface area contributed by atoms with E-state index in [0.717, 1.165) is 6.42 Å². The first-order valence-corrected chi connectivity index (χ1v) is 11.0. The van der Waals surface area contributed by atoms with Crippen LogP contribution in [-0.2, 0) is 23.7 Å². The molecule has 0 aliphatic carbocycles. The predicted octanol–water partition coefficient (Wildman–Crippen LogP) is 3.36. The van der Waals surface area contributed by atoms with E-state index >= 15 is 0 Å². The van der Waals surface area contributed by atoms with E-state index in [1.54, 1.807) is 7.11 Å². The van der Waals surface area contributed by atoms with Gasteiger partial charge in [0.2, 0.25) is 0 Å². The van der Waals surface area contributed by atoms with Crippen LogP contribution in [0.5, 0.6) is 0 Å². The molecular weight excluding hydrogens is 363 g/mol. The van der Waals surface area contributed by atoms with Crippen molar-refractivity contribution < 1.29 is 23.7 Å². The monoisotopic (exact) mass is 386 g/mol. The lowest BCUT2D eigenvalue weighted by atomic mass is 10.5. The first-order chi connectivity index (χ1) is 10.1. The fourth-order valence-corrected chi connectivity index (χ4v) is 2.66. The maximum absolute atomic E-state index is 5.70. The van der Waals surface area contributed by atoms with Crippen LogP contribution in [0.1, 0.15) is 6.42 Å². The molecule has 21 heavy (non-hydrogen) atoms. The first kappa shape index (κ1) is 22.0. The molecule has 0 saturated carbocycles. The SMILES string of the molecule is COCCOCCOCCOCCOCCCS(Cl)(Cl)Cl. The lowest BCUT2D eigenvalue weighted by Gasteiger charge is -2.14. The average Bonchev–Trinajstić information content (AvgIpc) is 2.42. The highest BCUT2D eigenvalue weighted by Crippen LogP contribution is 2.63. The van der Waals surface area contributed by atoms with Crippen LogP contribution >= 0.6 is 39.7 Å². The number of ether oxygens (including phenoxy) is 5. The topological polar surface area (TPSA) is 46.2 Å². The summed E-state index contributed by atoms with van der Waals surface area (Å²) in [4.78, 5) is 0. The molecule has 0 aromatic rings. The minimum atomic E-state index is -1.97. The molecule has 0 unspecified atom stereocenters. The summed E-state index contributed by atoms with van der Waals surface area (Å²) in [5.74, 6) is 0.568. The summed E-state index contributed by atoms with van der Waals surface area (Å²) in [6, 6.07) is 0. The van der Waals surface area contributed by atoms with Gasteiger partial charge in [-0.05, 0) is 46.1 Å². The molecule has 0 radical (unpaired) electrons. The van der Waals surface area contributed by atoms with E-state index in [9.17, 15) is 0 Å². The summed E-state index contributed by atoms with van der Waals surface area (Å²) in [6.07, 6.45) is 0.748. The molecule has 0 rings (SSSR count). The van der Waals surface area contributed by atoms with E-state index in [1.807, 2.05) is 0 Å². The highest BCUT2D eigenvalue weighted by atomic mass is 36.2. The Morgan fingerprint density at radius 1 is 0.619 bits per heavy atom. The van der Waals surface area contributed by atoms with E-state index in [-0.39, 0.29) is 0 Å². The molecule has 0 aromatic carbocycles. The Balaban J connectivity index is 3.00. The number of halogens is 3. The highest BCUT2D eigenvalue weighted by molar-refractivity contribution is 8.79. The predicted molar refractivity (Wildman–Crippen MR) is 89.8 cm³/mol.